The Kier molecular flexibility index (Phi) is 5.26. The number of amides is 1. The molecule has 4 nitrogen and oxygen atoms in total. The second kappa shape index (κ2) is 6.96. The zero-order chi connectivity index (χ0) is 15.4. The number of carbonyl (C=O) groups excluding carboxylic acids is 1. The number of rotatable bonds is 6. The Labute approximate surface area is 130 Å². The van der Waals surface area contributed by atoms with Crippen LogP contribution in [-0.2, 0) is 4.74 Å². The van der Waals surface area contributed by atoms with E-state index >= 15 is 0 Å². The summed E-state index contributed by atoms with van der Waals surface area (Å²) in [6, 6.07) is 7.40. The molecular weight excluding hydrogens is 288 g/mol. The number of aromatic nitrogens is 1. The maximum Gasteiger partial charge on any atom is 0.270 e. The summed E-state index contributed by atoms with van der Waals surface area (Å²) in [4.78, 5) is 17.6. The van der Waals surface area contributed by atoms with Crippen molar-refractivity contribution < 1.29 is 9.53 Å². The van der Waals surface area contributed by atoms with Crippen molar-refractivity contribution in [3.63, 3.8) is 0 Å². The van der Waals surface area contributed by atoms with Crippen LogP contribution in [0.5, 0.6) is 0 Å². The molecule has 1 aromatic heterocycles. The third-order valence-electron chi connectivity index (χ3n) is 3.25. The molecule has 1 N–H and O–H groups in total. The van der Waals surface area contributed by atoms with E-state index in [9.17, 15) is 4.79 Å². The molecule has 0 atom stereocenters. The summed E-state index contributed by atoms with van der Waals surface area (Å²) in [6.07, 6.45) is 0. The maximum atomic E-state index is 12.6. The Morgan fingerprint density at radius 2 is 2.14 bits per heavy atom. The largest absolute Gasteiger partial charge is 0.383 e. The van der Waals surface area contributed by atoms with Gasteiger partial charge in [0.2, 0.25) is 0 Å². The molecule has 0 fully saturated rings. The number of methoxy groups -OCH3 is 1. The Morgan fingerprint density at radius 3 is 2.81 bits per heavy atom. The van der Waals surface area contributed by atoms with Gasteiger partial charge in [0.05, 0.1) is 6.61 Å². The van der Waals surface area contributed by atoms with Gasteiger partial charge >= 0.3 is 0 Å². The van der Waals surface area contributed by atoms with E-state index in [-0.39, 0.29) is 5.91 Å². The first-order valence-corrected chi connectivity index (χ1v) is 7.45. The second-order valence-corrected chi connectivity index (χ2v) is 5.99. The lowest BCUT2D eigenvalue weighted by atomic mass is 10.2. The molecule has 0 saturated carbocycles. The number of ether oxygens (including phenoxy) is 1. The second-order valence-electron chi connectivity index (χ2n) is 5.55. The summed E-state index contributed by atoms with van der Waals surface area (Å²) in [5.74, 6) is 0.401. The van der Waals surface area contributed by atoms with E-state index in [4.69, 9.17) is 16.3 Å². The molecule has 1 amide bonds. The molecule has 0 radical (unpaired) electrons. The smallest absolute Gasteiger partial charge is 0.270 e. The monoisotopic (exact) mass is 308 g/mol. The van der Waals surface area contributed by atoms with Crippen molar-refractivity contribution in [3.8, 4) is 0 Å². The van der Waals surface area contributed by atoms with E-state index in [0.29, 0.717) is 36.3 Å². The molecule has 1 aromatic carbocycles. The van der Waals surface area contributed by atoms with Crippen LogP contribution in [0.2, 0.25) is 5.02 Å². The zero-order valence-electron chi connectivity index (χ0n) is 12.6. The number of hydrogen-bond acceptors (Lipinski definition) is 2. The van der Waals surface area contributed by atoms with Crippen LogP contribution in [0.25, 0.3) is 10.9 Å². The minimum absolute atomic E-state index is 0.00641. The van der Waals surface area contributed by atoms with Gasteiger partial charge in [-0.1, -0.05) is 25.4 Å². The highest BCUT2D eigenvalue weighted by Gasteiger charge is 2.18. The molecular formula is C16H21ClN2O2. The first-order valence-electron chi connectivity index (χ1n) is 7.07. The van der Waals surface area contributed by atoms with Gasteiger partial charge in [-0.15, -0.1) is 0 Å². The lowest BCUT2D eigenvalue weighted by molar-refractivity contribution is 0.0667. The Morgan fingerprint density at radius 1 is 1.38 bits per heavy atom. The molecule has 114 valence electrons. The average molecular weight is 309 g/mol. The van der Waals surface area contributed by atoms with Crippen molar-refractivity contribution in [2.75, 3.05) is 26.8 Å². The molecule has 5 heteroatoms. The van der Waals surface area contributed by atoms with Crippen molar-refractivity contribution in [2.24, 2.45) is 5.92 Å². The van der Waals surface area contributed by atoms with Crippen LogP contribution in [0.1, 0.15) is 24.3 Å². The van der Waals surface area contributed by atoms with Crippen LogP contribution in [0.3, 0.4) is 0 Å². The maximum absolute atomic E-state index is 12.6. The third-order valence-corrected chi connectivity index (χ3v) is 3.49. The highest BCUT2D eigenvalue weighted by molar-refractivity contribution is 6.31. The number of nitrogens with one attached hydrogen (secondary N) is 1. The number of benzene rings is 1. The summed E-state index contributed by atoms with van der Waals surface area (Å²) < 4.78 is 5.09. The molecule has 21 heavy (non-hydrogen) atoms. The van der Waals surface area contributed by atoms with Gasteiger partial charge in [0.1, 0.15) is 5.69 Å². The molecule has 0 bridgehead atoms. The topological polar surface area (TPSA) is 45.3 Å². The number of hydrogen-bond donors (Lipinski definition) is 1. The van der Waals surface area contributed by atoms with Crippen molar-refractivity contribution in [1.29, 1.82) is 0 Å². The summed E-state index contributed by atoms with van der Waals surface area (Å²) in [7, 11) is 1.64. The molecule has 0 saturated heterocycles. The predicted molar refractivity (Wildman–Crippen MR) is 85.9 cm³/mol. The number of H-pyrrole nitrogens is 1. The fourth-order valence-corrected chi connectivity index (χ4v) is 2.49. The summed E-state index contributed by atoms with van der Waals surface area (Å²) >= 11 is 5.98. The lowest BCUT2D eigenvalue weighted by Crippen LogP contribution is -2.36. The SMILES string of the molecule is COCCN(CC(C)C)C(=O)c1cc2cc(Cl)ccc2[nH]1. The normalized spacial score (nSPS) is 11.3. The van der Waals surface area contributed by atoms with Gasteiger partial charge < -0.3 is 14.6 Å². The van der Waals surface area contributed by atoms with Crippen LogP contribution < -0.4 is 0 Å². The fourth-order valence-electron chi connectivity index (χ4n) is 2.31. The highest BCUT2D eigenvalue weighted by Crippen LogP contribution is 2.21. The average Bonchev–Trinajstić information content (AvgIpc) is 2.85. The first kappa shape index (κ1) is 15.9. The van der Waals surface area contributed by atoms with Crippen LogP contribution in [0.4, 0.5) is 0 Å². The Hall–Kier alpha value is -1.52. The predicted octanol–water partition coefficient (Wildman–Crippen LogP) is 3.57. The zero-order valence-corrected chi connectivity index (χ0v) is 13.4. The van der Waals surface area contributed by atoms with E-state index in [1.165, 1.54) is 0 Å². The van der Waals surface area contributed by atoms with Crippen LogP contribution in [-0.4, -0.2) is 42.6 Å². The Balaban J connectivity index is 2.24. The van der Waals surface area contributed by atoms with Gasteiger partial charge in [-0.05, 0) is 30.2 Å². The van der Waals surface area contributed by atoms with Crippen LogP contribution >= 0.6 is 11.6 Å². The summed E-state index contributed by atoms with van der Waals surface area (Å²) in [6.45, 7) is 6.02. The van der Waals surface area contributed by atoms with E-state index in [0.717, 1.165) is 10.9 Å². The Bertz CT molecular complexity index is 622. The van der Waals surface area contributed by atoms with Gasteiger partial charge in [-0.25, -0.2) is 0 Å². The number of aromatic amines is 1. The molecule has 0 spiro atoms. The van der Waals surface area contributed by atoms with Gasteiger partial charge in [-0.2, -0.15) is 0 Å². The standard InChI is InChI=1S/C16H21ClN2O2/c1-11(2)10-19(6-7-21-3)16(20)15-9-12-8-13(17)4-5-14(12)18-15/h4-5,8-9,11,18H,6-7,10H2,1-3H3. The van der Waals surface area contributed by atoms with E-state index in [1.807, 2.05) is 29.2 Å². The van der Waals surface area contributed by atoms with Crippen molar-refractivity contribution in [2.45, 2.75) is 13.8 Å². The quantitative estimate of drug-likeness (QED) is 0.886. The molecule has 0 aliphatic carbocycles. The van der Waals surface area contributed by atoms with Gasteiger partial charge in [0, 0.05) is 36.1 Å². The van der Waals surface area contributed by atoms with Crippen molar-refractivity contribution in [1.82, 2.24) is 9.88 Å². The van der Waals surface area contributed by atoms with Crippen molar-refractivity contribution >= 4 is 28.4 Å². The lowest BCUT2D eigenvalue weighted by Gasteiger charge is -2.23. The number of fused-ring (bicyclic) bond motifs is 1. The summed E-state index contributed by atoms with van der Waals surface area (Å²) in [5, 5.41) is 1.61. The van der Waals surface area contributed by atoms with E-state index < -0.39 is 0 Å². The highest BCUT2D eigenvalue weighted by atomic mass is 35.5. The molecule has 0 aliphatic heterocycles. The van der Waals surface area contributed by atoms with Gasteiger partial charge in [0.25, 0.3) is 5.91 Å². The van der Waals surface area contributed by atoms with E-state index in [2.05, 4.69) is 18.8 Å². The summed E-state index contributed by atoms with van der Waals surface area (Å²) in [5.41, 5.74) is 1.50. The molecule has 0 unspecified atom stereocenters. The first-order chi connectivity index (χ1) is 10.0. The number of carbonyl (C=O) groups is 1. The number of nitrogens with zero attached hydrogens (tertiary/aromatic N) is 1. The van der Waals surface area contributed by atoms with Gasteiger partial charge in [-0.3, -0.25) is 4.79 Å². The van der Waals surface area contributed by atoms with Crippen LogP contribution in [0.15, 0.2) is 24.3 Å². The van der Waals surface area contributed by atoms with E-state index in [1.54, 1.807) is 7.11 Å². The minimum Gasteiger partial charge on any atom is -0.383 e. The minimum atomic E-state index is -0.00641. The van der Waals surface area contributed by atoms with Gasteiger partial charge in [0.15, 0.2) is 0 Å². The molecule has 1 heterocycles. The van der Waals surface area contributed by atoms with Crippen molar-refractivity contribution in [3.05, 3.63) is 35.0 Å². The third kappa shape index (κ3) is 3.99. The molecule has 2 rings (SSSR count). The number of halogens is 1. The molecule has 2 aromatic rings. The fraction of sp³-hybridized carbons (Fsp3) is 0.438. The molecule has 0 aliphatic rings. The van der Waals surface area contributed by atoms with Crippen LogP contribution in [0, 0.1) is 5.92 Å².